The molecule has 8 heteroatoms. The van der Waals surface area contributed by atoms with Crippen molar-refractivity contribution in [1.82, 2.24) is 10.6 Å². The zero-order valence-corrected chi connectivity index (χ0v) is 9.85. The van der Waals surface area contributed by atoms with Gasteiger partial charge in [-0.3, -0.25) is 0 Å². The number of hydrogen-bond donors (Lipinski definition) is 3. The molecule has 0 saturated heterocycles. The van der Waals surface area contributed by atoms with Gasteiger partial charge in [0, 0.05) is 19.6 Å². The smallest absolute Gasteiger partial charge is 0.352 e. The van der Waals surface area contributed by atoms with Crippen LogP contribution in [-0.2, 0) is 12.7 Å². The Morgan fingerprint density at radius 1 is 1.26 bits per heavy atom. The molecule has 0 spiro atoms. The van der Waals surface area contributed by atoms with Gasteiger partial charge in [-0.2, -0.15) is 13.2 Å². The minimum absolute atomic E-state index is 0.129. The van der Waals surface area contributed by atoms with Crippen molar-refractivity contribution in [2.24, 2.45) is 5.73 Å². The average molecular weight is 279 g/mol. The third kappa shape index (κ3) is 5.12. The molecular weight excluding hydrogens is 266 g/mol. The quantitative estimate of drug-likeness (QED) is 0.566. The molecule has 0 radical (unpaired) electrons. The summed E-state index contributed by atoms with van der Waals surface area (Å²) in [4.78, 5) is 10.3. The van der Waals surface area contributed by atoms with Gasteiger partial charge >= 0.3 is 12.2 Å². The number of nitrogens with two attached hydrogens (primary N) is 1. The maximum atomic E-state index is 13.0. The van der Waals surface area contributed by atoms with Crippen molar-refractivity contribution in [3.63, 3.8) is 0 Å². The second-order valence-corrected chi connectivity index (χ2v) is 3.78. The minimum Gasteiger partial charge on any atom is -0.352 e. The molecule has 0 aromatic heterocycles. The normalized spacial score (nSPS) is 11.4. The number of alkyl halides is 3. The fraction of sp³-hybridized carbons (Fsp3) is 0.364. The predicted octanol–water partition coefficient (Wildman–Crippen LogP) is 1.60. The first-order valence-electron chi connectivity index (χ1n) is 5.40. The molecule has 0 unspecified atom stereocenters. The van der Waals surface area contributed by atoms with E-state index < -0.39 is 23.6 Å². The lowest BCUT2D eigenvalue weighted by atomic mass is 10.1. The van der Waals surface area contributed by atoms with Crippen molar-refractivity contribution in [3.05, 3.63) is 35.1 Å². The molecule has 1 aromatic carbocycles. The second kappa shape index (κ2) is 6.37. The summed E-state index contributed by atoms with van der Waals surface area (Å²) < 4.78 is 50.3. The molecule has 2 amide bonds. The first-order valence-corrected chi connectivity index (χ1v) is 5.40. The van der Waals surface area contributed by atoms with Gasteiger partial charge in [0.2, 0.25) is 0 Å². The first kappa shape index (κ1) is 15.2. The van der Waals surface area contributed by atoms with E-state index in [0.717, 1.165) is 12.1 Å². The van der Waals surface area contributed by atoms with Crippen LogP contribution in [0.5, 0.6) is 0 Å². The number of rotatable bonds is 5. The van der Waals surface area contributed by atoms with Crippen molar-refractivity contribution in [1.29, 1.82) is 0 Å². The van der Waals surface area contributed by atoms with E-state index in [4.69, 9.17) is 5.73 Å². The summed E-state index contributed by atoms with van der Waals surface area (Å²) >= 11 is 0. The summed E-state index contributed by atoms with van der Waals surface area (Å²) in [5.74, 6) is -1.30. The van der Waals surface area contributed by atoms with Crippen LogP contribution in [0.3, 0.4) is 0 Å². The minimum atomic E-state index is -4.71. The van der Waals surface area contributed by atoms with E-state index in [1.54, 1.807) is 0 Å². The third-order valence-corrected chi connectivity index (χ3v) is 2.27. The molecule has 0 atom stereocenters. The van der Waals surface area contributed by atoms with E-state index in [9.17, 15) is 22.4 Å². The van der Waals surface area contributed by atoms with Crippen LogP contribution in [0.15, 0.2) is 18.2 Å². The van der Waals surface area contributed by atoms with Crippen LogP contribution < -0.4 is 16.4 Å². The first-order chi connectivity index (χ1) is 8.80. The molecule has 0 saturated carbocycles. The fourth-order valence-corrected chi connectivity index (χ4v) is 1.41. The Morgan fingerprint density at radius 3 is 2.53 bits per heavy atom. The van der Waals surface area contributed by atoms with Crippen LogP contribution in [0.4, 0.5) is 22.4 Å². The Morgan fingerprint density at radius 2 is 1.95 bits per heavy atom. The van der Waals surface area contributed by atoms with Gasteiger partial charge in [-0.25, -0.2) is 9.18 Å². The maximum Gasteiger partial charge on any atom is 0.419 e. The Bertz CT molecular complexity index is 448. The highest BCUT2D eigenvalue weighted by atomic mass is 19.4. The van der Waals surface area contributed by atoms with Gasteiger partial charge in [0.25, 0.3) is 0 Å². The van der Waals surface area contributed by atoms with Crippen LogP contribution in [0.25, 0.3) is 0 Å². The van der Waals surface area contributed by atoms with Gasteiger partial charge in [-0.05, 0) is 17.7 Å². The van der Waals surface area contributed by atoms with E-state index in [1.807, 2.05) is 0 Å². The summed E-state index contributed by atoms with van der Waals surface area (Å²) in [5.41, 5.74) is 3.83. The van der Waals surface area contributed by atoms with Crippen molar-refractivity contribution < 1.29 is 22.4 Å². The number of carbonyl (C=O) groups excluding carboxylic acids is 1. The van der Waals surface area contributed by atoms with E-state index >= 15 is 0 Å². The highest BCUT2D eigenvalue weighted by Gasteiger charge is 2.34. The molecule has 0 aliphatic rings. The maximum absolute atomic E-state index is 13.0. The highest BCUT2D eigenvalue weighted by Crippen LogP contribution is 2.31. The predicted molar refractivity (Wildman–Crippen MR) is 60.7 cm³/mol. The molecule has 106 valence electrons. The number of benzene rings is 1. The topological polar surface area (TPSA) is 67.2 Å². The number of urea groups is 1. The standard InChI is InChI=1S/C11H13F4N3O/c12-9-2-1-7(5-8(9)11(13,14)15)6-17-3-4-18-10(16)19/h1-2,5,17H,3-4,6H2,(H3,16,18,19). The molecule has 0 aliphatic heterocycles. The Labute approximate surface area is 107 Å². The Hall–Kier alpha value is -1.83. The summed E-state index contributed by atoms with van der Waals surface area (Å²) in [5, 5.41) is 5.11. The van der Waals surface area contributed by atoms with Gasteiger partial charge in [0.15, 0.2) is 0 Å². The lowest BCUT2D eigenvalue weighted by molar-refractivity contribution is -0.140. The molecular formula is C11H13F4N3O. The molecule has 4 N–H and O–H groups in total. The van der Waals surface area contributed by atoms with E-state index in [-0.39, 0.29) is 13.1 Å². The molecule has 0 aliphatic carbocycles. The average Bonchev–Trinajstić information content (AvgIpc) is 2.28. The molecule has 0 bridgehead atoms. The van der Waals surface area contributed by atoms with Gasteiger partial charge < -0.3 is 16.4 Å². The third-order valence-electron chi connectivity index (χ3n) is 2.27. The zero-order chi connectivity index (χ0) is 14.5. The van der Waals surface area contributed by atoms with Crippen molar-refractivity contribution in [2.75, 3.05) is 13.1 Å². The second-order valence-electron chi connectivity index (χ2n) is 3.78. The molecule has 19 heavy (non-hydrogen) atoms. The summed E-state index contributed by atoms with van der Waals surface area (Å²) in [6.45, 7) is 0.716. The van der Waals surface area contributed by atoms with Gasteiger partial charge in [-0.1, -0.05) is 6.07 Å². The summed E-state index contributed by atoms with van der Waals surface area (Å²) in [7, 11) is 0. The highest BCUT2D eigenvalue weighted by molar-refractivity contribution is 5.71. The van der Waals surface area contributed by atoms with Crippen molar-refractivity contribution >= 4 is 6.03 Å². The largest absolute Gasteiger partial charge is 0.419 e. The van der Waals surface area contributed by atoms with E-state index in [2.05, 4.69) is 10.6 Å². The number of halogens is 4. The van der Waals surface area contributed by atoms with Crippen molar-refractivity contribution in [3.8, 4) is 0 Å². The van der Waals surface area contributed by atoms with E-state index in [1.165, 1.54) is 6.07 Å². The number of carbonyl (C=O) groups is 1. The monoisotopic (exact) mass is 279 g/mol. The van der Waals surface area contributed by atoms with Gasteiger partial charge in [0.05, 0.1) is 5.56 Å². The number of primary amides is 1. The Balaban J connectivity index is 2.53. The van der Waals surface area contributed by atoms with Gasteiger partial charge in [-0.15, -0.1) is 0 Å². The van der Waals surface area contributed by atoms with Crippen LogP contribution in [0, 0.1) is 5.82 Å². The summed E-state index contributed by atoms with van der Waals surface area (Å²) in [6.07, 6.45) is -4.71. The molecule has 0 heterocycles. The van der Waals surface area contributed by atoms with Crippen LogP contribution in [0.2, 0.25) is 0 Å². The molecule has 0 fully saturated rings. The lowest BCUT2D eigenvalue weighted by Crippen LogP contribution is -2.35. The van der Waals surface area contributed by atoms with Crippen LogP contribution in [0.1, 0.15) is 11.1 Å². The lowest BCUT2D eigenvalue weighted by Gasteiger charge is -2.10. The number of amides is 2. The van der Waals surface area contributed by atoms with Crippen LogP contribution >= 0.6 is 0 Å². The number of hydrogen-bond acceptors (Lipinski definition) is 2. The fourth-order valence-electron chi connectivity index (χ4n) is 1.41. The zero-order valence-electron chi connectivity index (χ0n) is 9.85. The molecule has 1 rings (SSSR count). The molecule has 1 aromatic rings. The SMILES string of the molecule is NC(=O)NCCNCc1ccc(F)c(C(F)(F)F)c1. The van der Waals surface area contributed by atoms with Crippen molar-refractivity contribution in [2.45, 2.75) is 12.7 Å². The van der Waals surface area contributed by atoms with Gasteiger partial charge in [0.1, 0.15) is 5.82 Å². The summed E-state index contributed by atoms with van der Waals surface area (Å²) in [6, 6.07) is 2.12. The van der Waals surface area contributed by atoms with Crippen LogP contribution in [-0.4, -0.2) is 19.1 Å². The Kier molecular flexibility index (Phi) is 5.11. The molecule has 4 nitrogen and oxygen atoms in total. The van der Waals surface area contributed by atoms with E-state index in [0.29, 0.717) is 12.1 Å². The number of nitrogens with one attached hydrogen (secondary N) is 2.